The monoisotopic (exact) mass is 260 g/mol. The number of hydrogen-bond donors (Lipinski definition) is 2. The third kappa shape index (κ3) is 3.98. The summed E-state index contributed by atoms with van der Waals surface area (Å²) in [6, 6.07) is 3.36. The predicted molar refractivity (Wildman–Crippen MR) is 65.5 cm³/mol. The molecule has 0 amide bonds. The summed E-state index contributed by atoms with van der Waals surface area (Å²) < 4.78 is 38.9. The first-order valence-electron chi connectivity index (χ1n) is 5.37. The maximum Gasteiger partial charge on any atom is 0.240 e. The molecule has 0 atom stereocenters. The topological polar surface area (TPSA) is 72.2 Å². The maximum absolute atomic E-state index is 12.9. The highest BCUT2D eigenvalue weighted by atomic mass is 32.2. The maximum atomic E-state index is 12.9. The second-order valence-corrected chi connectivity index (χ2v) is 6.03. The molecular formula is C11H17FN2O2S. The molecule has 96 valence electrons. The number of nitrogens with two attached hydrogens (primary N) is 1. The predicted octanol–water partition coefficient (Wildman–Crippen LogP) is 1.73. The van der Waals surface area contributed by atoms with E-state index in [1.165, 1.54) is 6.07 Å². The number of nitrogens with one attached hydrogen (secondary N) is 1. The Labute approximate surface area is 101 Å². The van der Waals surface area contributed by atoms with Gasteiger partial charge in [-0.05, 0) is 30.5 Å². The molecular weight excluding hydrogens is 243 g/mol. The Bertz CT molecular complexity index is 486. The largest absolute Gasteiger partial charge is 0.396 e. The average Bonchev–Trinajstić information content (AvgIpc) is 2.21. The Morgan fingerprint density at radius 3 is 2.59 bits per heavy atom. The lowest BCUT2D eigenvalue weighted by molar-refractivity contribution is 0.551. The zero-order valence-corrected chi connectivity index (χ0v) is 10.7. The highest BCUT2D eigenvalue weighted by Crippen LogP contribution is 2.16. The molecule has 3 N–H and O–H groups in total. The molecule has 0 heterocycles. The van der Waals surface area contributed by atoms with E-state index in [-0.39, 0.29) is 10.6 Å². The summed E-state index contributed by atoms with van der Waals surface area (Å²) in [6.07, 6.45) is 0.746. The van der Waals surface area contributed by atoms with Crippen LogP contribution in [0.3, 0.4) is 0 Å². The molecule has 0 saturated carbocycles. The van der Waals surface area contributed by atoms with Crippen LogP contribution < -0.4 is 10.5 Å². The van der Waals surface area contributed by atoms with E-state index in [1.807, 2.05) is 13.8 Å². The van der Waals surface area contributed by atoms with E-state index in [4.69, 9.17) is 5.73 Å². The van der Waals surface area contributed by atoms with Crippen molar-refractivity contribution in [2.24, 2.45) is 5.92 Å². The van der Waals surface area contributed by atoms with Crippen molar-refractivity contribution in [1.82, 2.24) is 4.72 Å². The third-order valence-electron chi connectivity index (χ3n) is 2.29. The van der Waals surface area contributed by atoms with Gasteiger partial charge in [0.2, 0.25) is 10.0 Å². The minimum absolute atomic E-state index is 0.0137. The normalized spacial score (nSPS) is 12.0. The van der Waals surface area contributed by atoms with Gasteiger partial charge in [0.1, 0.15) is 5.82 Å². The van der Waals surface area contributed by atoms with E-state index in [9.17, 15) is 12.8 Å². The second-order valence-electron chi connectivity index (χ2n) is 4.26. The Balaban J connectivity index is 2.79. The molecule has 0 unspecified atom stereocenters. The SMILES string of the molecule is CC(C)CCNS(=O)(=O)c1ccc(F)c(N)c1. The molecule has 1 aromatic rings. The minimum Gasteiger partial charge on any atom is -0.396 e. The van der Waals surface area contributed by atoms with Crippen LogP contribution in [0, 0.1) is 11.7 Å². The first-order valence-corrected chi connectivity index (χ1v) is 6.86. The lowest BCUT2D eigenvalue weighted by Crippen LogP contribution is -2.25. The van der Waals surface area contributed by atoms with Crippen LogP contribution in [0.5, 0.6) is 0 Å². The lowest BCUT2D eigenvalue weighted by atomic mass is 10.1. The fourth-order valence-electron chi connectivity index (χ4n) is 1.25. The second kappa shape index (κ2) is 5.46. The van der Waals surface area contributed by atoms with Crippen molar-refractivity contribution in [1.29, 1.82) is 0 Å². The third-order valence-corrected chi connectivity index (χ3v) is 3.75. The van der Waals surface area contributed by atoms with E-state index in [0.29, 0.717) is 12.5 Å². The number of halogens is 1. The van der Waals surface area contributed by atoms with Crippen LogP contribution in [0.4, 0.5) is 10.1 Å². The minimum atomic E-state index is -3.59. The van der Waals surface area contributed by atoms with Crippen LogP contribution in [0.1, 0.15) is 20.3 Å². The summed E-state index contributed by atoms with van der Waals surface area (Å²) in [5, 5.41) is 0. The molecule has 0 aliphatic rings. The van der Waals surface area contributed by atoms with Crippen LogP contribution >= 0.6 is 0 Å². The quantitative estimate of drug-likeness (QED) is 0.792. The zero-order valence-electron chi connectivity index (χ0n) is 9.90. The van der Waals surface area contributed by atoms with Gasteiger partial charge >= 0.3 is 0 Å². The smallest absolute Gasteiger partial charge is 0.240 e. The van der Waals surface area contributed by atoms with Crippen LogP contribution in [-0.4, -0.2) is 15.0 Å². The van der Waals surface area contributed by atoms with Crippen molar-refractivity contribution in [3.8, 4) is 0 Å². The van der Waals surface area contributed by atoms with E-state index >= 15 is 0 Å². The number of anilines is 1. The molecule has 1 rings (SSSR count). The van der Waals surface area contributed by atoms with Crippen LogP contribution in [0.2, 0.25) is 0 Å². The Morgan fingerprint density at radius 1 is 1.41 bits per heavy atom. The molecule has 0 radical (unpaired) electrons. The fourth-order valence-corrected chi connectivity index (χ4v) is 2.34. The summed E-state index contributed by atoms with van der Waals surface area (Å²) >= 11 is 0. The van der Waals surface area contributed by atoms with Gasteiger partial charge in [0.05, 0.1) is 10.6 Å². The summed E-state index contributed by atoms with van der Waals surface area (Å²) in [5.74, 6) is -0.206. The van der Waals surface area contributed by atoms with E-state index < -0.39 is 15.8 Å². The van der Waals surface area contributed by atoms with Crippen molar-refractivity contribution in [2.75, 3.05) is 12.3 Å². The number of hydrogen-bond acceptors (Lipinski definition) is 3. The molecule has 0 aromatic heterocycles. The van der Waals surface area contributed by atoms with E-state index in [1.54, 1.807) is 0 Å². The van der Waals surface area contributed by atoms with Crippen molar-refractivity contribution in [3.63, 3.8) is 0 Å². The first kappa shape index (κ1) is 13.9. The molecule has 0 saturated heterocycles. The van der Waals surface area contributed by atoms with E-state index in [0.717, 1.165) is 18.6 Å². The number of sulfonamides is 1. The molecule has 0 fully saturated rings. The fraction of sp³-hybridized carbons (Fsp3) is 0.455. The molecule has 0 aliphatic carbocycles. The van der Waals surface area contributed by atoms with Gasteiger partial charge in [-0.2, -0.15) is 0 Å². The van der Waals surface area contributed by atoms with Gasteiger partial charge in [0.25, 0.3) is 0 Å². The Morgan fingerprint density at radius 2 is 2.06 bits per heavy atom. The average molecular weight is 260 g/mol. The Kier molecular flexibility index (Phi) is 4.47. The summed E-state index contributed by atoms with van der Waals surface area (Å²) in [5.41, 5.74) is 5.16. The Hall–Kier alpha value is -1.14. The van der Waals surface area contributed by atoms with Gasteiger partial charge in [-0.3, -0.25) is 0 Å². The van der Waals surface area contributed by atoms with Crippen molar-refractivity contribution < 1.29 is 12.8 Å². The molecule has 17 heavy (non-hydrogen) atoms. The highest BCUT2D eigenvalue weighted by molar-refractivity contribution is 7.89. The van der Waals surface area contributed by atoms with Gasteiger partial charge in [-0.15, -0.1) is 0 Å². The first-order chi connectivity index (χ1) is 7.83. The zero-order chi connectivity index (χ0) is 13.1. The van der Waals surface area contributed by atoms with Crippen LogP contribution in [0.15, 0.2) is 23.1 Å². The summed E-state index contributed by atoms with van der Waals surface area (Å²) in [7, 11) is -3.59. The summed E-state index contributed by atoms with van der Waals surface area (Å²) in [6.45, 7) is 4.37. The van der Waals surface area contributed by atoms with Gasteiger partial charge in [0.15, 0.2) is 0 Å². The molecule has 0 bridgehead atoms. The number of rotatable bonds is 5. The summed E-state index contributed by atoms with van der Waals surface area (Å²) in [4.78, 5) is -0.0137. The van der Waals surface area contributed by atoms with Gasteiger partial charge in [-0.1, -0.05) is 13.8 Å². The molecule has 0 aliphatic heterocycles. The van der Waals surface area contributed by atoms with Crippen molar-refractivity contribution in [2.45, 2.75) is 25.2 Å². The van der Waals surface area contributed by atoms with Crippen LogP contribution in [-0.2, 0) is 10.0 Å². The highest BCUT2D eigenvalue weighted by Gasteiger charge is 2.14. The number of nitrogen functional groups attached to an aromatic ring is 1. The molecule has 4 nitrogen and oxygen atoms in total. The lowest BCUT2D eigenvalue weighted by Gasteiger charge is -2.09. The van der Waals surface area contributed by atoms with Crippen LogP contribution in [0.25, 0.3) is 0 Å². The standard InChI is InChI=1S/C11H17FN2O2S/c1-8(2)5-6-14-17(15,16)9-3-4-10(12)11(13)7-9/h3-4,7-8,14H,5-6,13H2,1-2H3. The number of benzene rings is 1. The van der Waals surface area contributed by atoms with Crippen molar-refractivity contribution >= 4 is 15.7 Å². The van der Waals surface area contributed by atoms with Gasteiger partial charge in [0, 0.05) is 6.54 Å². The molecule has 6 heteroatoms. The van der Waals surface area contributed by atoms with Gasteiger partial charge < -0.3 is 5.73 Å². The van der Waals surface area contributed by atoms with Gasteiger partial charge in [-0.25, -0.2) is 17.5 Å². The molecule has 1 aromatic carbocycles. The van der Waals surface area contributed by atoms with E-state index in [2.05, 4.69) is 4.72 Å². The van der Waals surface area contributed by atoms with Crippen molar-refractivity contribution in [3.05, 3.63) is 24.0 Å². The molecule has 0 spiro atoms.